The number of esters is 1. The highest BCUT2D eigenvalue weighted by Gasteiger charge is 2.16. The van der Waals surface area contributed by atoms with Crippen LogP contribution in [0.5, 0.6) is 0 Å². The van der Waals surface area contributed by atoms with Gasteiger partial charge >= 0.3 is 11.9 Å². The van der Waals surface area contributed by atoms with E-state index >= 15 is 0 Å². The fourth-order valence-corrected chi connectivity index (χ4v) is 1.43. The van der Waals surface area contributed by atoms with Crippen LogP contribution >= 0.6 is 23.5 Å². The number of hydrogen-bond acceptors (Lipinski definition) is 6. The zero-order valence-electron chi connectivity index (χ0n) is 8.80. The average molecular weight is 295 g/mol. The number of aliphatic hydroxyl groups is 2. The van der Waals surface area contributed by atoms with Crippen LogP contribution in [0.15, 0.2) is 18.2 Å². The summed E-state index contributed by atoms with van der Waals surface area (Å²) < 4.78 is 8.49. The smallest absolute Gasteiger partial charge is 0.356 e. The van der Waals surface area contributed by atoms with Crippen LogP contribution in [-0.2, 0) is 9.03 Å². The summed E-state index contributed by atoms with van der Waals surface area (Å²) >= 11 is 10.6. The van der Waals surface area contributed by atoms with Gasteiger partial charge in [-0.2, -0.15) is 0 Å². The summed E-state index contributed by atoms with van der Waals surface area (Å²) in [6.45, 7) is -0.583. The zero-order valence-corrected chi connectivity index (χ0v) is 10.3. The highest BCUT2D eigenvalue weighted by molar-refractivity contribution is 6.34. The first-order valence-electron chi connectivity index (χ1n) is 4.61. The van der Waals surface area contributed by atoms with Gasteiger partial charge in [0.05, 0.1) is 16.1 Å². The molecule has 0 radical (unpaired) electrons. The van der Waals surface area contributed by atoms with Crippen molar-refractivity contribution >= 4 is 35.4 Å². The molecule has 1 rings (SSSR count). The molecule has 98 valence electrons. The number of carbonyl (C=O) groups excluding carboxylic acids is 2. The number of benzene rings is 1. The predicted molar refractivity (Wildman–Crippen MR) is 61.2 cm³/mol. The normalized spacial score (nSPS) is 10.3. The quantitative estimate of drug-likeness (QED) is 0.638. The van der Waals surface area contributed by atoms with Gasteiger partial charge in [-0.3, -0.25) is 0 Å². The minimum Gasteiger partial charge on any atom is -0.457 e. The van der Waals surface area contributed by atoms with E-state index in [1.165, 1.54) is 18.2 Å². The van der Waals surface area contributed by atoms with E-state index in [0.717, 1.165) is 0 Å². The monoisotopic (exact) mass is 294 g/mol. The summed E-state index contributed by atoms with van der Waals surface area (Å²) in [5.74, 6) is -1.66. The Labute approximate surface area is 112 Å². The van der Waals surface area contributed by atoms with Crippen molar-refractivity contribution in [3.8, 4) is 0 Å². The summed E-state index contributed by atoms with van der Waals surface area (Å²) in [6, 6.07) is 3.68. The van der Waals surface area contributed by atoms with Gasteiger partial charge in [0.1, 0.15) is 18.5 Å². The standard InChI is InChI=1S/C10H8Cl2O6/c11-7-3-5(9(15)18-12)1-2-6(7)10(16)17-4-8(13)14/h1-3,8,13-14H,4H2. The molecular formula is C10H8Cl2O6. The van der Waals surface area contributed by atoms with Crippen molar-refractivity contribution in [1.29, 1.82) is 0 Å². The van der Waals surface area contributed by atoms with Gasteiger partial charge in [0.2, 0.25) is 0 Å². The largest absolute Gasteiger partial charge is 0.457 e. The molecular weight excluding hydrogens is 287 g/mol. The Kier molecular flexibility index (Phi) is 5.36. The molecule has 0 aliphatic carbocycles. The minimum absolute atomic E-state index is 0.0246. The van der Waals surface area contributed by atoms with Crippen molar-refractivity contribution in [3.05, 3.63) is 34.3 Å². The highest BCUT2D eigenvalue weighted by Crippen LogP contribution is 2.19. The van der Waals surface area contributed by atoms with Crippen molar-refractivity contribution in [1.82, 2.24) is 0 Å². The van der Waals surface area contributed by atoms with Crippen LogP contribution in [0.25, 0.3) is 0 Å². The van der Waals surface area contributed by atoms with Crippen molar-refractivity contribution in [2.45, 2.75) is 6.29 Å². The molecule has 0 aliphatic heterocycles. The molecule has 0 heterocycles. The van der Waals surface area contributed by atoms with E-state index < -0.39 is 24.8 Å². The Morgan fingerprint density at radius 1 is 1.28 bits per heavy atom. The first-order valence-corrected chi connectivity index (χ1v) is 5.30. The molecule has 0 atom stereocenters. The Morgan fingerprint density at radius 2 is 1.94 bits per heavy atom. The van der Waals surface area contributed by atoms with Crippen LogP contribution in [0, 0.1) is 0 Å². The molecule has 1 aromatic rings. The van der Waals surface area contributed by atoms with Gasteiger partial charge in [0.15, 0.2) is 6.29 Å². The van der Waals surface area contributed by atoms with Crippen LogP contribution in [-0.4, -0.2) is 35.0 Å². The first-order chi connectivity index (χ1) is 8.45. The van der Waals surface area contributed by atoms with Gasteiger partial charge in [-0.15, -0.1) is 0 Å². The molecule has 0 unspecified atom stereocenters. The van der Waals surface area contributed by atoms with Gasteiger partial charge < -0.3 is 19.2 Å². The Morgan fingerprint density at radius 3 is 2.44 bits per heavy atom. The van der Waals surface area contributed by atoms with Gasteiger partial charge in [-0.1, -0.05) is 11.6 Å². The number of aliphatic hydroxyl groups excluding tert-OH is 1. The molecule has 0 aliphatic rings. The first kappa shape index (κ1) is 14.7. The van der Waals surface area contributed by atoms with Crippen molar-refractivity contribution in [2.24, 2.45) is 0 Å². The van der Waals surface area contributed by atoms with Gasteiger partial charge in [-0.05, 0) is 18.2 Å². The number of rotatable bonds is 4. The third-order valence-corrected chi connectivity index (χ3v) is 2.31. The second kappa shape index (κ2) is 6.55. The summed E-state index contributed by atoms with van der Waals surface area (Å²) in [4.78, 5) is 22.5. The Bertz CT molecular complexity index is 460. The lowest BCUT2D eigenvalue weighted by Gasteiger charge is -2.07. The van der Waals surface area contributed by atoms with Crippen LogP contribution < -0.4 is 0 Å². The van der Waals surface area contributed by atoms with Crippen LogP contribution in [0.2, 0.25) is 5.02 Å². The maximum atomic E-state index is 11.4. The van der Waals surface area contributed by atoms with Gasteiger partial charge in [-0.25, -0.2) is 9.59 Å². The van der Waals surface area contributed by atoms with E-state index in [-0.39, 0.29) is 16.1 Å². The number of carbonyl (C=O) groups is 2. The third-order valence-electron chi connectivity index (χ3n) is 1.86. The number of hydrogen-bond donors (Lipinski definition) is 2. The molecule has 6 nitrogen and oxygen atoms in total. The van der Waals surface area contributed by atoms with E-state index in [2.05, 4.69) is 9.03 Å². The minimum atomic E-state index is -1.77. The highest BCUT2D eigenvalue weighted by atomic mass is 35.5. The predicted octanol–water partition coefficient (Wildman–Crippen LogP) is 1.12. The van der Waals surface area contributed by atoms with E-state index in [1.54, 1.807) is 0 Å². The van der Waals surface area contributed by atoms with Crippen molar-refractivity contribution < 1.29 is 28.8 Å². The molecule has 1 aromatic carbocycles. The fraction of sp³-hybridized carbons (Fsp3) is 0.200. The summed E-state index contributed by atoms with van der Waals surface area (Å²) in [7, 11) is 0. The maximum Gasteiger partial charge on any atom is 0.356 e. The lowest BCUT2D eigenvalue weighted by atomic mass is 10.1. The SMILES string of the molecule is O=C(OCl)c1ccc(C(=O)OCC(O)O)c(Cl)c1. The van der Waals surface area contributed by atoms with Crippen molar-refractivity contribution in [2.75, 3.05) is 6.61 Å². The zero-order chi connectivity index (χ0) is 13.7. The second-order valence-corrected chi connectivity index (χ2v) is 3.70. The summed E-state index contributed by atoms with van der Waals surface area (Å²) in [5, 5.41) is 17.0. The summed E-state index contributed by atoms with van der Waals surface area (Å²) in [6.07, 6.45) is -1.77. The summed E-state index contributed by atoms with van der Waals surface area (Å²) in [5.41, 5.74) is 0.0391. The molecule has 0 saturated heterocycles. The Balaban J connectivity index is 2.85. The molecule has 0 saturated carbocycles. The van der Waals surface area contributed by atoms with Crippen LogP contribution in [0.1, 0.15) is 20.7 Å². The molecule has 0 amide bonds. The molecule has 0 aromatic heterocycles. The molecule has 8 heteroatoms. The van der Waals surface area contributed by atoms with E-state index in [1.807, 2.05) is 0 Å². The molecule has 0 spiro atoms. The average Bonchev–Trinajstić information content (AvgIpc) is 2.34. The van der Waals surface area contributed by atoms with E-state index in [0.29, 0.717) is 0 Å². The third kappa shape index (κ3) is 3.85. The Hall–Kier alpha value is -1.34. The molecule has 0 bridgehead atoms. The van der Waals surface area contributed by atoms with Gasteiger partial charge in [0, 0.05) is 0 Å². The van der Waals surface area contributed by atoms with Crippen LogP contribution in [0.4, 0.5) is 0 Å². The van der Waals surface area contributed by atoms with Gasteiger partial charge in [0.25, 0.3) is 0 Å². The second-order valence-electron chi connectivity index (χ2n) is 3.14. The van der Waals surface area contributed by atoms with E-state index in [4.69, 9.17) is 33.7 Å². The maximum absolute atomic E-state index is 11.4. The molecule has 0 fully saturated rings. The number of halogens is 2. The van der Waals surface area contributed by atoms with Crippen LogP contribution in [0.3, 0.4) is 0 Å². The fourth-order valence-electron chi connectivity index (χ4n) is 1.08. The lowest BCUT2D eigenvalue weighted by Crippen LogP contribution is -2.18. The topological polar surface area (TPSA) is 93.1 Å². The van der Waals surface area contributed by atoms with Crippen molar-refractivity contribution in [3.63, 3.8) is 0 Å². The molecule has 18 heavy (non-hydrogen) atoms. The molecule has 2 N–H and O–H groups in total. The number of ether oxygens (including phenoxy) is 1. The lowest BCUT2D eigenvalue weighted by molar-refractivity contribution is -0.0812. The van der Waals surface area contributed by atoms with E-state index in [9.17, 15) is 9.59 Å².